The number of rotatable bonds is 1. The Morgan fingerprint density at radius 3 is 2.20 bits per heavy atom. The van der Waals surface area contributed by atoms with Gasteiger partial charge in [-0.2, -0.15) is 0 Å². The van der Waals surface area contributed by atoms with Gasteiger partial charge in [0.2, 0.25) is 0 Å². The van der Waals surface area contributed by atoms with Crippen molar-refractivity contribution in [2.75, 3.05) is 0 Å². The van der Waals surface area contributed by atoms with Gasteiger partial charge in [-0.25, -0.2) is 0 Å². The molecule has 26 valence electrons. The quantitative estimate of drug-likeness (QED) is 0.405. The summed E-state index contributed by atoms with van der Waals surface area (Å²) in [4.78, 5) is 0. The van der Waals surface area contributed by atoms with Crippen LogP contribution < -0.4 is 0 Å². The third kappa shape index (κ3) is 0.380. The van der Waals surface area contributed by atoms with Crippen LogP contribution in [0, 0.1) is 5.92 Å². The van der Waals surface area contributed by atoms with Gasteiger partial charge in [-0.3, -0.25) is 0 Å². The lowest BCUT2D eigenvalue weighted by atomic mass is 10.4. The maximum absolute atomic E-state index is 3.56. The van der Waals surface area contributed by atoms with Crippen LogP contribution in [0.2, 0.25) is 0 Å². The van der Waals surface area contributed by atoms with Gasteiger partial charge in [0.25, 0.3) is 0 Å². The largest absolute Gasteiger partial charge is 0.102 e. The van der Waals surface area contributed by atoms with Gasteiger partial charge in [0, 0.05) is 5.92 Å². The van der Waals surface area contributed by atoms with Gasteiger partial charge in [0.15, 0.2) is 0 Å². The minimum absolute atomic E-state index is 0.648. The lowest BCUT2D eigenvalue weighted by Gasteiger charge is -1.66. The molecule has 0 N–H and O–H groups in total. The van der Waals surface area contributed by atoms with Crippen molar-refractivity contribution in [1.29, 1.82) is 0 Å². The Kier molecular flexibility index (Phi) is 0.385. The van der Waals surface area contributed by atoms with Crippen molar-refractivity contribution in [2.24, 2.45) is 5.92 Å². The molecule has 0 radical (unpaired) electrons. The number of allylic oxidation sites excluding steroid dienone is 3. The maximum atomic E-state index is 3.56. The summed E-state index contributed by atoms with van der Waals surface area (Å²) < 4.78 is 0. The van der Waals surface area contributed by atoms with Crippen molar-refractivity contribution >= 4 is 0 Å². The fourth-order valence-corrected chi connectivity index (χ4v) is 0.221. The van der Waals surface area contributed by atoms with Crippen molar-refractivity contribution in [1.82, 2.24) is 0 Å². The molecule has 0 saturated heterocycles. The van der Waals surface area contributed by atoms with Crippen LogP contribution in [0.5, 0.6) is 0 Å². The predicted octanol–water partition coefficient (Wildman–Crippen LogP) is 1.36. The van der Waals surface area contributed by atoms with Gasteiger partial charge in [-0.15, -0.1) is 6.58 Å². The van der Waals surface area contributed by atoms with E-state index in [0.717, 1.165) is 0 Å². The molecule has 0 saturated carbocycles. The summed E-state index contributed by atoms with van der Waals surface area (Å²) in [7, 11) is 0. The zero-order valence-electron chi connectivity index (χ0n) is 3.02. The Hall–Kier alpha value is -0.520. The average molecular weight is 66.1 g/mol. The van der Waals surface area contributed by atoms with Crippen LogP contribution in [0.25, 0.3) is 0 Å². The van der Waals surface area contributed by atoms with Crippen molar-refractivity contribution in [2.45, 2.75) is 0 Å². The molecule has 0 aromatic rings. The number of hydrogen-bond acceptors (Lipinski definition) is 0. The van der Waals surface area contributed by atoms with Crippen molar-refractivity contribution in [3.8, 4) is 0 Å². The smallest absolute Gasteiger partial charge is 0.0125 e. The first-order chi connectivity index (χ1) is 2.43. The Labute approximate surface area is 31.8 Å². The van der Waals surface area contributed by atoms with Crippen molar-refractivity contribution in [3.63, 3.8) is 0 Å². The topological polar surface area (TPSA) is 0 Å². The highest BCUT2D eigenvalue weighted by atomic mass is 14.1. The van der Waals surface area contributed by atoms with Crippen LogP contribution in [0.3, 0.4) is 0 Å². The first-order valence-corrected chi connectivity index (χ1v) is 1.74. The van der Waals surface area contributed by atoms with Gasteiger partial charge in [-0.1, -0.05) is 18.2 Å². The van der Waals surface area contributed by atoms with Crippen molar-refractivity contribution < 1.29 is 0 Å². The van der Waals surface area contributed by atoms with Crippen LogP contribution in [-0.2, 0) is 0 Å². The van der Waals surface area contributed by atoms with Gasteiger partial charge >= 0.3 is 0 Å². The molecule has 1 rings (SSSR count). The third-order valence-electron chi connectivity index (χ3n) is 0.687. The predicted molar refractivity (Wildman–Crippen MR) is 22.8 cm³/mol. The van der Waals surface area contributed by atoms with Gasteiger partial charge in [0.05, 0.1) is 0 Å². The van der Waals surface area contributed by atoms with Gasteiger partial charge < -0.3 is 0 Å². The minimum atomic E-state index is 0.648. The molecule has 0 unspecified atom stereocenters. The van der Waals surface area contributed by atoms with Crippen LogP contribution in [0.4, 0.5) is 0 Å². The lowest BCUT2D eigenvalue weighted by molar-refractivity contribution is 1.26. The average Bonchev–Trinajstić information content (AvgIpc) is 2.12. The minimum Gasteiger partial charge on any atom is -0.102 e. The molecule has 0 spiro atoms. The van der Waals surface area contributed by atoms with Gasteiger partial charge in [0.1, 0.15) is 0 Å². The van der Waals surface area contributed by atoms with Crippen LogP contribution in [0.15, 0.2) is 24.8 Å². The Morgan fingerprint density at radius 1 is 1.60 bits per heavy atom. The van der Waals surface area contributed by atoms with E-state index in [0.29, 0.717) is 5.92 Å². The Balaban J connectivity index is 2.28. The van der Waals surface area contributed by atoms with E-state index in [4.69, 9.17) is 0 Å². The fraction of sp³-hybridized carbons (Fsp3) is 0.200. The second-order valence-corrected chi connectivity index (χ2v) is 1.20. The van der Waals surface area contributed by atoms with Gasteiger partial charge in [-0.05, 0) is 0 Å². The summed E-state index contributed by atoms with van der Waals surface area (Å²) >= 11 is 0. The molecule has 1 aliphatic carbocycles. The molecule has 0 nitrogen and oxygen atoms in total. The molecular formula is C5H6. The van der Waals surface area contributed by atoms with E-state index in [1.54, 1.807) is 0 Å². The molecule has 0 aromatic heterocycles. The van der Waals surface area contributed by atoms with Crippen molar-refractivity contribution in [3.05, 3.63) is 24.8 Å². The third-order valence-corrected chi connectivity index (χ3v) is 0.687. The first kappa shape index (κ1) is 2.70. The summed E-state index contributed by atoms with van der Waals surface area (Å²) in [5.74, 6) is 0.648. The highest BCUT2D eigenvalue weighted by molar-refractivity contribution is 5.20. The van der Waals surface area contributed by atoms with E-state index in [1.165, 1.54) is 0 Å². The Morgan fingerprint density at radius 2 is 2.20 bits per heavy atom. The van der Waals surface area contributed by atoms with E-state index in [2.05, 4.69) is 18.7 Å². The lowest BCUT2D eigenvalue weighted by Crippen LogP contribution is -1.54. The molecule has 0 aromatic carbocycles. The van der Waals surface area contributed by atoms with E-state index in [1.807, 2.05) is 6.08 Å². The summed E-state index contributed by atoms with van der Waals surface area (Å²) in [5.41, 5.74) is 0. The molecule has 0 fully saturated rings. The molecule has 0 amide bonds. The van der Waals surface area contributed by atoms with E-state index in [-0.39, 0.29) is 0 Å². The molecule has 0 heterocycles. The van der Waals surface area contributed by atoms with E-state index in [9.17, 15) is 0 Å². The summed E-state index contributed by atoms with van der Waals surface area (Å²) in [6.07, 6.45) is 6.12. The van der Waals surface area contributed by atoms with E-state index >= 15 is 0 Å². The van der Waals surface area contributed by atoms with Crippen LogP contribution >= 0.6 is 0 Å². The van der Waals surface area contributed by atoms with Crippen LogP contribution in [-0.4, -0.2) is 0 Å². The van der Waals surface area contributed by atoms with E-state index < -0.39 is 0 Å². The summed E-state index contributed by atoms with van der Waals surface area (Å²) in [5, 5.41) is 0. The monoisotopic (exact) mass is 66.0 g/mol. The second kappa shape index (κ2) is 0.713. The zero-order valence-corrected chi connectivity index (χ0v) is 3.02. The summed E-state index contributed by atoms with van der Waals surface area (Å²) in [6, 6.07) is 0. The summed E-state index contributed by atoms with van der Waals surface area (Å²) in [6.45, 7) is 3.56. The Bertz CT molecular complexity index is 64.1. The molecule has 0 bridgehead atoms. The fourth-order valence-electron chi connectivity index (χ4n) is 0.221. The highest BCUT2D eigenvalue weighted by Gasteiger charge is 2.01. The molecular weight excluding hydrogens is 60.1 g/mol. The molecule has 1 aliphatic rings. The SMILES string of the molecule is C=CC1C=C1. The number of hydrogen-bond donors (Lipinski definition) is 0. The maximum Gasteiger partial charge on any atom is 0.0125 e. The standard InChI is InChI=1S/C5H6/c1-2-5-3-4-5/h2-5H,1H2. The molecule has 0 aliphatic heterocycles. The first-order valence-electron chi connectivity index (χ1n) is 1.74. The van der Waals surface area contributed by atoms with Crippen LogP contribution in [0.1, 0.15) is 0 Å². The zero-order chi connectivity index (χ0) is 3.70. The molecule has 0 atom stereocenters. The highest BCUT2D eigenvalue weighted by Crippen LogP contribution is 2.14. The molecule has 0 heteroatoms. The second-order valence-electron chi connectivity index (χ2n) is 1.20. The normalized spacial score (nSPS) is 19.2. The molecule has 5 heavy (non-hydrogen) atoms.